The average Bonchev–Trinajstić information content (AvgIpc) is 2.37. The molecule has 1 N–H and O–H groups in total. The van der Waals surface area contributed by atoms with Gasteiger partial charge in [0.2, 0.25) is 0 Å². The van der Waals surface area contributed by atoms with Crippen LogP contribution in [0.15, 0.2) is 46.9 Å². The lowest BCUT2D eigenvalue weighted by Gasteiger charge is -2.08. The first-order valence-corrected chi connectivity index (χ1v) is 6.16. The van der Waals surface area contributed by atoms with Crippen LogP contribution < -0.4 is 5.32 Å². The van der Waals surface area contributed by atoms with E-state index in [2.05, 4.69) is 21.2 Å². The van der Waals surface area contributed by atoms with Crippen LogP contribution in [0.2, 0.25) is 0 Å². The van der Waals surface area contributed by atoms with Crippen LogP contribution in [-0.2, 0) is 6.54 Å². The predicted molar refractivity (Wildman–Crippen MR) is 72.6 cm³/mol. The molecule has 2 aromatic rings. The highest BCUT2D eigenvalue weighted by Crippen LogP contribution is 2.19. The SMILES string of the molecule is N#Cc1cc(F)cc(NCc2ccccc2Br)c1. The highest BCUT2D eigenvalue weighted by molar-refractivity contribution is 9.10. The monoisotopic (exact) mass is 304 g/mol. The molecule has 90 valence electrons. The number of hydrogen-bond donors (Lipinski definition) is 1. The zero-order valence-corrected chi connectivity index (χ0v) is 11.0. The van der Waals surface area contributed by atoms with Gasteiger partial charge >= 0.3 is 0 Å². The number of nitrogens with zero attached hydrogens (tertiary/aromatic N) is 1. The van der Waals surface area contributed by atoms with Crippen LogP contribution in [0.4, 0.5) is 10.1 Å². The molecule has 0 aliphatic heterocycles. The Balaban J connectivity index is 2.14. The molecule has 0 radical (unpaired) electrons. The normalized spacial score (nSPS) is 9.83. The van der Waals surface area contributed by atoms with Gasteiger partial charge in [-0.25, -0.2) is 4.39 Å². The van der Waals surface area contributed by atoms with Gasteiger partial charge in [0.15, 0.2) is 0 Å². The lowest BCUT2D eigenvalue weighted by atomic mass is 10.2. The molecule has 2 rings (SSSR count). The predicted octanol–water partition coefficient (Wildman–Crippen LogP) is 4.07. The number of benzene rings is 2. The molecule has 2 nitrogen and oxygen atoms in total. The third-order valence-corrected chi connectivity index (χ3v) is 3.24. The Morgan fingerprint density at radius 2 is 2.00 bits per heavy atom. The first kappa shape index (κ1) is 12.6. The summed E-state index contributed by atoms with van der Waals surface area (Å²) < 4.78 is 14.2. The van der Waals surface area contributed by atoms with Crippen LogP contribution >= 0.6 is 15.9 Å². The van der Waals surface area contributed by atoms with Crippen LogP contribution in [0.25, 0.3) is 0 Å². The van der Waals surface area contributed by atoms with E-state index in [4.69, 9.17) is 5.26 Å². The number of anilines is 1. The molecule has 0 unspecified atom stereocenters. The Morgan fingerprint density at radius 3 is 2.72 bits per heavy atom. The lowest BCUT2D eigenvalue weighted by Crippen LogP contribution is -2.00. The Labute approximate surface area is 113 Å². The quantitative estimate of drug-likeness (QED) is 0.927. The molecule has 0 aliphatic carbocycles. The van der Waals surface area contributed by atoms with Crippen LogP contribution in [0.1, 0.15) is 11.1 Å². The molecule has 0 spiro atoms. The van der Waals surface area contributed by atoms with Crippen molar-refractivity contribution in [3.63, 3.8) is 0 Å². The van der Waals surface area contributed by atoms with Gasteiger partial charge in [-0.05, 0) is 29.8 Å². The minimum absolute atomic E-state index is 0.310. The summed E-state index contributed by atoms with van der Waals surface area (Å²) in [4.78, 5) is 0. The van der Waals surface area contributed by atoms with Crippen molar-refractivity contribution in [3.05, 3.63) is 63.9 Å². The maximum atomic E-state index is 13.2. The van der Waals surface area contributed by atoms with Crippen LogP contribution in [-0.4, -0.2) is 0 Å². The highest BCUT2D eigenvalue weighted by Gasteiger charge is 2.02. The first-order valence-electron chi connectivity index (χ1n) is 5.37. The first-order chi connectivity index (χ1) is 8.69. The Bertz CT molecular complexity index is 605. The smallest absolute Gasteiger partial charge is 0.126 e. The number of nitriles is 1. The fourth-order valence-electron chi connectivity index (χ4n) is 1.60. The van der Waals surface area contributed by atoms with Crippen molar-refractivity contribution in [3.8, 4) is 6.07 Å². The lowest BCUT2D eigenvalue weighted by molar-refractivity contribution is 0.627. The third-order valence-electron chi connectivity index (χ3n) is 2.47. The molecule has 0 fully saturated rings. The summed E-state index contributed by atoms with van der Waals surface area (Å²) in [5, 5.41) is 11.9. The topological polar surface area (TPSA) is 35.8 Å². The van der Waals surface area contributed by atoms with Gasteiger partial charge in [0.05, 0.1) is 11.6 Å². The van der Waals surface area contributed by atoms with E-state index in [9.17, 15) is 4.39 Å². The molecule has 0 aliphatic rings. The van der Waals surface area contributed by atoms with Gasteiger partial charge in [-0.3, -0.25) is 0 Å². The molecule has 2 aromatic carbocycles. The van der Waals surface area contributed by atoms with E-state index in [1.807, 2.05) is 30.3 Å². The second-order valence-corrected chi connectivity index (χ2v) is 4.64. The highest BCUT2D eigenvalue weighted by atomic mass is 79.9. The summed E-state index contributed by atoms with van der Waals surface area (Å²) >= 11 is 3.45. The second kappa shape index (κ2) is 5.65. The van der Waals surface area contributed by atoms with Crippen LogP contribution in [0.5, 0.6) is 0 Å². The van der Waals surface area contributed by atoms with E-state index < -0.39 is 5.82 Å². The van der Waals surface area contributed by atoms with Gasteiger partial charge in [-0.15, -0.1) is 0 Å². The van der Waals surface area contributed by atoms with Gasteiger partial charge < -0.3 is 5.32 Å². The summed E-state index contributed by atoms with van der Waals surface area (Å²) in [6.07, 6.45) is 0. The van der Waals surface area contributed by atoms with Gasteiger partial charge in [0.25, 0.3) is 0 Å². The molecular formula is C14H10BrFN2. The molecule has 4 heteroatoms. The fraction of sp³-hybridized carbons (Fsp3) is 0.0714. The van der Waals surface area contributed by atoms with Crippen LogP contribution in [0, 0.1) is 17.1 Å². The van der Waals surface area contributed by atoms with E-state index in [0.717, 1.165) is 10.0 Å². The van der Waals surface area contributed by atoms with Crippen molar-refractivity contribution in [2.45, 2.75) is 6.54 Å². The van der Waals surface area contributed by atoms with E-state index in [0.29, 0.717) is 17.8 Å². The van der Waals surface area contributed by atoms with Crippen LogP contribution in [0.3, 0.4) is 0 Å². The fourth-order valence-corrected chi connectivity index (χ4v) is 2.02. The molecule has 0 atom stereocenters. The minimum atomic E-state index is -0.413. The zero-order chi connectivity index (χ0) is 13.0. The minimum Gasteiger partial charge on any atom is -0.381 e. The van der Waals surface area contributed by atoms with Crippen molar-refractivity contribution in [2.24, 2.45) is 0 Å². The van der Waals surface area contributed by atoms with Crippen molar-refractivity contribution in [1.82, 2.24) is 0 Å². The number of nitrogens with one attached hydrogen (secondary N) is 1. The summed E-state index contributed by atoms with van der Waals surface area (Å²) in [6.45, 7) is 0.565. The molecule has 0 saturated carbocycles. The standard InChI is InChI=1S/C14H10BrFN2/c15-14-4-2-1-3-11(14)9-18-13-6-10(8-17)5-12(16)7-13/h1-7,18H,9H2. The number of rotatable bonds is 3. The molecule has 18 heavy (non-hydrogen) atoms. The molecule has 0 heterocycles. The molecule has 0 amide bonds. The largest absolute Gasteiger partial charge is 0.381 e. The zero-order valence-electron chi connectivity index (χ0n) is 9.45. The number of hydrogen-bond acceptors (Lipinski definition) is 2. The average molecular weight is 305 g/mol. The second-order valence-electron chi connectivity index (χ2n) is 3.79. The molecule has 0 saturated heterocycles. The molecular weight excluding hydrogens is 295 g/mol. The van der Waals surface area contributed by atoms with Gasteiger partial charge in [0.1, 0.15) is 5.82 Å². The molecule has 0 bridgehead atoms. The Morgan fingerprint density at radius 1 is 1.22 bits per heavy atom. The van der Waals surface area contributed by atoms with Crippen molar-refractivity contribution >= 4 is 21.6 Å². The van der Waals surface area contributed by atoms with E-state index in [1.54, 1.807) is 6.07 Å². The third kappa shape index (κ3) is 3.08. The van der Waals surface area contributed by atoms with Crippen molar-refractivity contribution in [1.29, 1.82) is 5.26 Å². The molecule has 0 aromatic heterocycles. The van der Waals surface area contributed by atoms with E-state index in [-0.39, 0.29) is 0 Å². The Hall–Kier alpha value is -1.86. The summed E-state index contributed by atoms with van der Waals surface area (Å²) in [5.41, 5.74) is 1.98. The maximum Gasteiger partial charge on any atom is 0.126 e. The number of halogens is 2. The van der Waals surface area contributed by atoms with E-state index >= 15 is 0 Å². The van der Waals surface area contributed by atoms with Gasteiger partial charge in [0, 0.05) is 16.7 Å². The summed E-state index contributed by atoms with van der Waals surface area (Å²) in [5.74, 6) is -0.413. The Kier molecular flexibility index (Phi) is 3.96. The van der Waals surface area contributed by atoms with Gasteiger partial charge in [-0.2, -0.15) is 5.26 Å². The van der Waals surface area contributed by atoms with Crippen molar-refractivity contribution < 1.29 is 4.39 Å². The van der Waals surface area contributed by atoms with Gasteiger partial charge in [-0.1, -0.05) is 34.1 Å². The summed E-state index contributed by atoms with van der Waals surface area (Å²) in [6, 6.07) is 13.9. The van der Waals surface area contributed by atoms with Crippen molar-refractivity contribution in [2.75, 3.05) is 5.32 Å². The summed E-state index contributed by atoms with van der Waals surface area (Å²) in [7, 11) is 0. The van der Waals surface area contributed by atoms with E-state index in [1.165, 1.54) is 12.1 Å². The maximum absolute atomic E-state index is 13.2.